The lowest BCUT2D eigenvalue weighted by Gasteiger charge is -2.15. The standard InChI is InChI=1S/C21H24ClNO4/c1-13(2)26-12-16-8-10-17(11-9-16)21(25)27-15(4)20(24)23-19-7-5-6-18(22)14(19)3/h5-11,13,15H,12H2,1-4H3,(H,23,24)/t15-/m0/s1. The molecule has 0 saturated carbocycles. The van der Waals surface area contributed by atoms with Gasteiger partial charge < -0.3 is 14.8 Å². The van der Waals surface area contributed by atoms with Crippen molar-refractivity contribution in [3.63, 3.8) is 0 Å². The summed E-state index contributed by atoms with van der Waals surface area (Å²) in [5, 5.41) is 3.28. The number of benzene rings is 2. The fourth-order valence-corrected chi connectivity index (χ4v) is 2.43. The van der Waals surface area contributed by atoms with Crippen molar-refractivity contribution in [3.8, 4) is 0 Å². The predicted molar refractivity (Wildman–Crippen MR) is 106 cm³/mol. The van der Waals surface area contributed by atoms with Crippen molar-refractivity contribution in [1.29, 1.82) is 0 Å². The molecule has 1 atom stereocenters. The molecular weight excluding hydrogens is 366 g/mol. The molecule has 2 aromatic rings. The van der Waals surface area contributed by atoms with Crippen molar-refractivity contribution in [3.05, 3.63) is 64.2 Å². The molecule has 2 rings (SSSR count). The van der Waals surface area contributed by atoms with Crippen molar-refractivity contribution in [2.24, 2.45) is 0 Å². The number of hydrogen-bond donors (Lipinski definition) is 1. The second kappa shape index (κ2) is 9.53. The highest BCUT2D eigenvalue weighted by atomic mass is 35.5. The third-order valence-electron chi connectivity index (χ3n) is 3.95. The van der Waals surface area contributed by atoms with Crippen molar-refractivity contribution >= 4 is 29.2 Å². The quantitative estimate of drug-likeness (QED) is 0.693. The Morgan fingerprint density at radius 2 is 1.74 bits per heavy atom. The third kappa shape index (κ3) is 6.08. The Morgan fingerprint density at radius 3 is 2.37 bits per heavy atom. The number of hydrogen-bond acceptors (Lipinski definition) is 4. The molecule has 0 aromatic heterocycles. The third-order valence-corrected chi connectivity index (χ3v) is 4.36. The molecule has 5 nitrogen and oxygen atoms in total. The Balaban J connectivity index is 1.94. The zero-order chi connectivity index (χ0) is 20.0. The molecule has 0 heterocycles. The number of anilines is 1. The second-order valence-electron chi connectivity index (χ2n) is 6.51. The number of nitrogens with one attached hydrogen (secondary N) is 1. The van der Waals surface area contributed by atoms with E-state index in [4.69, 9.17) is 21.1 Å². The van der Waals surface area contributed by atoms with Crippen LogP contribution in [0.1, 0.15) is 42.3 Å². The van der Waals surface area contributed by atoms with Crippen molar-refractivity contribution in [2.75, 3.05) is 5.32 Å². The van der Waals surface area contributed by atoms with Gasteiger partial charge in [0, 0.05) is 10.7 Å². The van der Waals surface area contributed by atoms with E-state index in [-0.39, 0.29) is 6.10 Å². The second-order valence-corrected chi connectivity index (χ2v) is 6.91. The van der Waals surface area contributed by atoms with Crippen molar-refractivity contribution < 1.29 is 19.1 Å². The SMILES string of the molecule is Cc1c(Cl)cccc1NC(=O)[C@H](C)OC(=O)c1ccc(COC(C)C)cc1. The van der Waals surface area contributed by atoms with Gasteiger partial charge in [0.1, 0.15) is 0 Å². The van der Waals surface area contributed by atoms with E-state index in [1.807, 2.05) is 13.8 Å². The predicted octanol–water partition coefficient (Wildman–Crippen LogP) is 4.76. The fourth-order valence-electron chi connectivity index (χ4n) is 2.26. The van der Waals surface area contributed by atoms with E-state index < -0.39 is 18.0 Å². The lowest BCUT2D eigenvalue weighted by molar-refractivity contribution is -0.123. The molecule has 0 saturated heterocycles. The largest absolute Gasteiger partial charge is 0.449 e. The Bertz CT molecular complexity index is 802. The molecular formula is C21H24ClNO4. The number of halogens is 1. The van der Waals surface area contributed by atoms with Gasteiger partial charge in [0.15, 0.2) is 6.10 Å². The molecule has 0 aliphatic heterocycles. The van der Waals surface area contributed by atoms with Crippen LogP contribution in [0.4, 0.5) is 5.69 Å². The molecule has 0 spiro atoms. The molecule has 0 aliphatic rings. The van der Waals surface area contributed by atoms with Gasteiger partial charge in [-0.25, -0.2) is 4.79 Å². The van der Waals surface area contributed by atoms with Gasteiger partial charge in [-0.05, 0) is 63.1 Å². The number of carbonyl (C=O) groups excluding carboxylic acids is 2. The minimum Gasteiger partial charge on any atom is -0.449 e. The lowest BCUT2D eigenvalue weighted by Crippen LogP contribution is -2.30. The van der Waals surface area contributed by atoms with Crippen LogP contribution in [0.3, 0.4) is 0 Å². The van der Waals surface area contributed by atoms with Gasteiger partial charge in [-0.1, -0.05) is 29.8 Å². The smallest absolute Gasteiger partial charge is 0.338 e. The Hall–Kier alpha value is -2.37. The van der Waals surface area contributed by atoms with Crippen molar-refractivity contribution in [1.82, 2.24) is 0 Å². The molecule has 0 bridgehead atoms. The summed E-state index contributed by atoms with van der Waals surface area (Å²) < 4.78 is 10.8. The molecule has 0 aliphatic carbocycles. The highest BCUT2D eigenvalue weighted by molar-refractivity contribution is 6.31. The topological polar surface area (TPSA) is 64.6 Å². The Morgan fingerprint density at radius 1 is 1.07 bits per heavy atom. The monoisotopic (exact) mass is 389 g/mol. The van der Waals surface area contributed by atoms with Crippen LogP contribution in [-0.4, -0.2) is 24.1 Å². The first-order valence-electron chi connectivity index (χ1n) is 8.75. The van der Waals surface area contributed by atoms with E-state index >= 15 is 0 Å². The molecule has 0 fully saturated rings. The van der Waals surface area contributed by atoms with Gasteiger partial charge in [0.2, 0.25) is 0 Å². The number of ether oxygens (including phenoxy) is 2. The summed E-state index contributed by atoms with van der Waals surface area (Å²) in [6.07, 6.45) is -0.808. The molecule has 144 valence electrons. The average Bonchev–Trinajstić information content (AvgIpc) is 2.64. The molecule has 6 heteroatoms. The normalized spacial score (nSPS) is 11.9. The van der Waals surface area contributed by atoms with Crippen LogP contribution >= 0.6 is 11.6 Å². The first kappa shape index (κ1) is 20.9. The van der Waals surface area contributed by atoms with Gasteiger partial charge in [-0.15, -0.1) is 0 Å². The van der Waals surface area contributed by atoms with Gasteiger partial charge >= 0.3 is 5.97 Å². The van der Waals surface area contributed by atoms with E-state index in [1.54, 1.807) is 49.4 Å². The van der Waals surface area contributed by atoms with Gasteiger partial charge in [0.05, 0.1) is 18.3 Å². The van der Waals surface area contributed by atoms with Crippen LogP contribution < -0.4 is 5.32 Å². The van der Waals surface area contributed by atoms with Crippen LogP contribution in [0.5, 0.6) is 0 Å². The van der Waals surface area contributed by atoms with Crippen LogP contribution in [0.2, 0.25) is 5.02 Å². The van der Waals surface area contributed by atoms with Gasteiger partial charge in [-0.2, -0.15) is 0 Å². The summed E-state index contributed by atoms with van der Waals surface area (Å²) >= 11 is 6.05. The fraction of sp³-hybridized carbons (Fsp3) is 0.333. The molecule has 1 amide bonds. The first-order chi connectivity index (χ1) is 12.8. The molecule has 0 radical (unpaired) electrons. The minimum absolute atomic E-state index is 0.136. The number of carbonyl (C=O) groups is 2. The maximum absolute atomic E-state index is 12.3. The van der Waals surface area contributed by atoms with E-state index in [0.29, 0.717) is 22.9 Å². The Kier molecular flexibility index (Phi) is 7.39. The first-order valence-corrected chi connectivity index (χ1v) is 9.13. The van der Waals surface area contributed by atoms with Gasteiger partial charge in [0.25, 0.3) is 5.91 Å². The van der Waals surface area contributed by atoms with Crippen LogP contribution in [0.15, 0.2) is 42.5 Å². The van der Waals surface area contributed by atoms with Crippen LogP contribution in [0.25, 0.3) is 0 Å². The van der Waals surface area contributed by atoms with Gasteiger partial charge in [-0.3, -0.25) is 4.79 Å². The molecule has 2 aromatic carbocycles. The molecule has 1 N–H and O–H groups in total. The lowest BCUT2D eigenvalue weighted by atomic mass is 10.1. The summed E-state index contributed by atoms with van der Waals surface area (Å²) in [6, 6.07) is 12.2. The maximum atomic E-state index is 12.3. The average molecular weight is 390 g/mol. The number of rotatable bonds is 7. The highest BCUT2D eigenvalue weighted by Gasteiger charge is 2.20. The molecule has 27 heavy (non-hydrogen) atoms. The highest BCUT2D eigenvalue weighted by Crippen LogP contribution is 2.23. The zero-order valence-electron chi connectivity index (χ0n) is 15.9. The summed E-state index contributed by atoms with van der Waals surface area (Å²) in [5.41, 5.74) is 2.68. The number of esters is 1. The summed E-state index contributed by atoms with van der Waals surface area (Å²) in [6.45, 7) is 7.73. The number of amides is 1. The van der Waals surface area contributed by atoms with E-state index in [1.165, 1.54) is 6.92 Å². The Labute approximate surface area is 164 Å². The minimum atomic E-state index is -0.945. The maximum Gasteiger partial charge on any atom is 0.338 e. The summed E-state index contributed by atoms with van der Waals surface area (Å²) in [5.74, 6) is -0.979. The zero-order valence-corrected chi connectivity index (χ0v) is 16.7. The van der Waals surface area contributed by atoms with Crippen LogP contribution in [-0.2, 0) is 20.9 Å². The summed E-state index contributed by atoms with van der Waals surface area (Å²) in [7, 11) is 0. The van der Waals surface area contributed by atoms with Crippen LogP contribution in [0, 0.1) is 6.92 Å². The summed E-state index contributed by atoms with van der Waals surface area (Å²) in [4.78, 5) is 24.6. The molecule has 0 unspecified atom stereocenters. The van der Waals surface area contributed by atoms with Crippen molar-refractivity contribution in [2.45, 2.75) is 46.5 Å². The van der Waals surface area contributed by atoms with E-state index in [2.05, 4.69) is 5.32 Å². The van der Waals surface area contributed by atoms with E-state index in [9.17, 15) is 9.59 Å². The van der Waals surface area contributed by atoms with E-state index in [0.717, 1.165) is 11.1 Å².